The highest BCUT2D eigenvalue weighted by Crippen LogP contribution is 2.20. The lowest BCUT2D eigenvalue weighted by Crippen LogP contribution is -2.38. The molecule has 86 valence electrons. The Morgan fingerprint density at radius 1 is 1.31 bits per heavy atom. The molecule has 0 aliphatic heterocycles. The second kappa shape index (κ2) is 4.63. The summed E-state index contributed by atoms with van der Waals surface area (Å²) in [5.74, 6) is 5.36. The molecule has 7 N–H and O–H groups in total. The number of nitrogens with zero attached hydrogens (tertiary/aromatic N) is 2. The first-order valence-corrected chi connectivity index (χ1v) is 4.72. The molecule has 6 heteroatoms. The van der Waals surface area contributed by atoms with Crippen molar-refractivity contribution in [2.45, 2.75) is 13.8 Å². The lowest BCUT2D eigenvalue weighted by Gasteiger charge is -2.19. The van der Waals surface area contributed by atoms with E-state index in [1.54, 1.807) is 6.07 Å². The molecule has 0 saturated heterocycles. The molecule has 0 atom stereocenters. The lowest BCUT2D eigenvalue weighted by molar-refractivity contribution is 1.07. The fraction of sp³-hybridized carbons (Fsp3) is 0.200. The highest BCUT2D eigenvalue weighted by atomic mass is 15.5. The molecule has 6 nitrogen and oxygen atoms in total. The van der Waals surface area contributed by atoms with Gasteiger partial charge in [-0.25, -0.2) is 10.9 Å². The molecule has 0 heterocycles. The smallest absolute Gasteiger partial charge is 0.240 e. The Hall–Kier alpha value is -2.08. The molecule has 0 aliphatic carbocycles. The highest BCUT2D eigenvalue weighted by Gasteiger charge is 2.10. The number of guanidine groups is 2. The van der Waals surface area contributed by atoms with Crippen LogP contribution in [0.1, 0.15) is 11.1 Å². The molecule has 0 radical (unpaired) electrons. The van der Waals surface area contributed by atoms with Crippen LogP contribution in [0, 0.1) is 19.3 Å². The van der Waals surface area contributed by atoms with Crippen molar-refractivity contribution >= 4 is 17.6 Å². The van der Waals surface area contributed by atoms with Crippen LogP contribution in [-0.2, 0) is 0 Å². The van der Waals surface area contributed by atoms with E-state index >= 15 is 0 Å². The first-order valence-electron chi connectivity index (χ1n) is 4.72. The number of anilines is 1. The van der Waals surface area contributed by atoms with E-state index < -0.39 is 0 Å². The van der Waals surface area contributed by atoms with Gasteiger partial charge in [-0.05, 0) is 31.0 Å². The van der Waals surface area contributed by atoms with Crippen molar-refractivity contribution in [3.63, 3.8) is 0 Å². The third kappa shape index (κ3) is 2.48. The Kier molecular flexibility index (Phi) is 3.47. The zero-order chi connectivity index (χ0) is 12.3. The van der Waals surface area contributed by atoms with E-state index in [0.717, 1.165) is 16.1 Å². The van der Waals surface area contributed by atoms with Gasteiger partial charge in [0.25, 0.3) is 0 Å². The van der Waals surface area contributed by atoms with Crippen LogP contribution in [0.2, 0.25) is 0 Å². The summed E-state index contributed by atoms with van der Waals surface area (Å²) in [5.41, 5.74) is 13.1. The maximum atomic E-state index is 7.58. The minimum absolute atomic E-state index is 0.189. The zero-order valence-electron chi connectivity index (χ0n) is 9.36. The highest BCUT2D eigenvalue weighted by molar-refractivity contribution is 6.00. The van der Waals surface area contributed by atoms with Gasteiger partial charge in [-0.1, -0.05) is 12.1 Å². The van der Waals surface area contributed by atoms with Crippen LogP contribution in [0.15, 0.2) is 23.2 Å². The molecule has 16 heavy (non-hydrogen) atoms. The van der Waals surface area contributed by atoms with E-state index in [9.17, 15) is 0 Å². The summed E-state index contributed by atoms with van der Waals surface area (Å²) in [7, 11) is 0. The largest absolute Gasteiger partial charge is 0.370 e. The van der Waals surface area contributed by atoms with E-state index in [1.165, 1.54) is 0 Å². The van der Waals surface area contributed by atoms with Crippen molar-refractivity contribution in [2.24, 2.45) is 22.3 Å². The summed E-state index contributed by atoms with van der Waals surface area (Å²) in [6, 6.07) is 5.64. The number of aryl methyl sites for hydroxylation is 1. The van der Waals surface area contributed by atoms with Crippen molar-refractivity contribution in [1.29, 1.82) is 5.41 Å². The summed E-state index contributed by atoms with van der Waals surface area (Å²) >= 11 is 0. The number of rotatable bonds is 1. The third-order valence-corrected chi connectivity index (χ3v) is 2.30. The molecule has 1 rings (SSSR count). The van der Waals surface area contributed by atoms with E-state index in [4.69, 9.17) is 22.7 Å². The minimum Gasteiger partial charge on any atom is -0.370 e. The van der Waals surface area contributed by atoms with E-state index in [0.29, 0.717) is 5.69 Å². The second-order valence-corrected chi connectivity index (χ2v) is 3.45. The van der Waals surface area contributed by atoms with Gasteiger partial charge in [0.15, 0.2) is 5.96 Å². The summed E-state index contributed by atoms with van der Waals surface area (Å²) in [5, 5.41) is 8.72. The van der Waals surface area contributed by atoms with Crippen molar-refractivity contribution < 1.29 is 0 Å². The molecule has 0 aliphatic rings. The van der Waals surface area contributed by atoms with Crippen molar-refractivity contribution in [2.75, 3.05) is 5.01 Å². The number of hydrogen-bond acceptors (Lipinski definition) is 2. The van der Waals surface area contributed by atoms with Gasteiger partial charge in [0.2, 0.25) is 5.96 Å². The predicted octanol–water partition coefficient (Wildman–Crippen LogP) is 0.192. The molecule has 1 aromatic rings. The summed E-state index contributed by atoms with van der Waals surface area (Å²) in [6.45, 7) is 3.89. The van der Waals surface area contributed by atoms with Gasteiger partial charge < -0.3 is 11.5 Å². The van der Waals surface area contributed by atoms with Crippen molar-refractivity contribution in [3.05, 3.63) is 29.3 Å². The fourth-order valence-corrected chi connectivity index (χ4v) is 1.29. The van der Waals surface area contributed by atoms with Gasteiger partial charge in [0, 0.05) is 0 Å². The molecule has 0 bridgehead atoms. The summed E-state index contributed by atoms with van der Waals surface area (Å²) in [4.78, 5) is 3.58. The van der Waals surface area contributed by atoms with Crippen LogP contribution in [0.5, 0.6) is 0 Å². The zero-order valence-corrected chi connectivity index (χ0v) is 9.36. The van der Waals surface area contributed by atoms with Gasteiger partial charge in [0.05, 0.1) is 5.69 Å². The molecule has 0 saturated carbocycles. The second-order valence-electron chi connectivity index (χ2n) is 3.45. The van der Waals surface area contributed by atoms with Crippen molar-refractivity contribution in [3.8, 4) is 0 Å². The van der Waals surface area contributed by atoms with Gasteiger partial charge in [-0.3, -0.25) is 5.41 Å². The first kappa shape index (κ1) is 12.0. The third-order valence-electron chi connectivity index (χ3n) is 2.30. The Bertz CT molecular complexity index is 433. The summed E-state index contributed by atoms with van der Waals surface area (Å²) in [6.07, 6.45) is 0. The van der Waals surface area contributed by atoms with Crippen LogP contribution in [-0.4, -0.2) is 11.9 Å². The van der Waals surface area contributed by atoms with E-state index in [1.807, 2.05) is 26.0 Å². The number of aliphatic imine (C=N–C) groups is 1. The van der Waals surface area contributed by atoms with Crippen LogP contribution < -0.4 is 22.3 Å². The lowest BCUT2D eigenvalue weighted by atomic mass is 10.1. The SMILES string of the molecule is Cc1cccc(N(N)C(=N)N=C(N)N)c1C. The number of nitrogens with two attached hydrogens (primary N) is 3. The number of hydrazine groups is 1. The van der Waals surface area contributed by atoms with Crippen molar-refractivity contribution in [1.82, 2.24) is 0 Å². The van der Waals surface area contributed by atoms with Crippen LogP contribution in [0.4, 0.5) is 5.69 Å². The molecule has 0 unspecified atom stereocenters. The molecule has 1 aromatic carbocycles. The molecule has 0 fully saturated rings. The number of nitrogens with one attached hydrogen (secondary N) is 1. The monoisotopic (exact) mass is 220 g/mol. The molecule has 0 spiro atoms. The van der Waals surface area contributed by atoms with Crippen LogP contribution in [0.3, 0.4) is 0 Å². The summed E-state index contributed by atoms with van der Waals surface area (Å²) < 4.78 is 0. The fourth-order valence-electron chi connectivity index (χ4n) is 1.29. The maximum absolute atomic E-state index is 7.58. The standard InChI is InChI=1S/C10H16N6/c1-6-4-3-5-8(7(6)2)16(14)10(13)15-9(11)12/h3-5H,14H2,1-2H3,(H5,11,12,13,15). The predicted molar refractivity (Wildman–Crippen MR) is 66.1 cm³/mol. The van der Waals surface area contributed by atoms with E-state index in [-0.39, 0.29) is 11.9 Å². The van der Waals surface area contributed by atoms with Crippen LogP contribution >= 0.6 is 0 Å². The maximum Gasteiger partial charge on any atom is 0.240 e. The topological polar surface area (TPSA) is 118 Å². The Morgan fingerprint density at radius 2 is 1.94 bits per heavy atom. The van der Waals surface area contributed by atoms with Crippen LogP contribution in [0.25, 0.3) is 0 Å². The molecule has 0 amide bonds. The first-order chi connectivity index (χ1) is 7.43. The Balaban J connectivity index is 3.06. The normalized spacial score (nSPS) is 9.69. The Morgan fingerprint density at radius 3 is 2.50 bits per heavy atom. The Labute approximate surface area is 94.2 Å². The molecular formula is C10H16N6. The molecular weight excluding hydrogens is 204 g/mol. The van der Waals surface area contributed by atoms with Gasteiger partial charge >= 0.3 is 0 Å². The van der Waals surface area contributed by atoms with Gasteiger partial charge in [-0.15, -0.1) is 0 Å². The average Bonchev–Trinajstić information content (AvgIpc) is 2.20. The van der Waals surface area contributed by atoms with Gasteiger partial charge in [-0.2, -0.15) is 4.99 Å². The number of benzene rings is 1. The van der Waals surface area contributed by atoms with Gasteiger partial charge in [0.1, 0.15) is 0 Å². The quantitative estimate of drug-likeness (QED) is 0.234. The van der Waals surface area contributed by atoms with E-state index in [2.05, 4.69) is 4.99 Å². The molecule has 0 aromatic heterocycles. The average molecular weight is 220 g/mol. The minimum atomic E-state index is -0.200. The number of hydrogen-bond donors (Lipinski definition) is 4.